The molecule has 0 fully saturated rings. The molecule has 2 aromatic rings. The van der Waals surface area contributed by atoms with Crippen molar-refractivity contribution in [3.8, 4) is 0 Å². The lowest BCUT2D eigenvalue weighted by molar-refractivity contribution is -0.116. The third-order valence-corrected chi connectivity index (χ3v) is 7.14. The molecule has 28 heavy (non-hydrogen) atoms. The number of sulfonamides is 1. The van der Waals surface area contributed by atoms with Crippen molar-refractivity contribution in [2.45, 2.75) is 31.0 Å². The average molecular weight is 441 g/mol. The van der Waals surface area contributed by atoms with E-state index in [0.717, 1.165) is 21.2 Å². The first kappa shape index (κ1) is 22.4. The fourth-order valence-electron chi connectivity index (χ4n) is 2.48. The second-order valence-corrected chi connectivity index (χ2v) is 10.3. The van der Waals surface area contributed by atoms with Gasteiger partial charge < -0.3 is 5.32 Å². The van der Waals surface area contributed by atoms with Gasteiger partial charge in [0.05, 0.1) is 11.9 Å². The van der Waals surface area contributed by atoms with Crippen LogP contribution in [0.3, 0.4) is 0 Å². The third-order valence-electron chi connectivity index (χ3n) is 3.99. The van der Waals surface area contributed by atoms with Crippen LogP contribution in [-0.2, 0) is 14.8 Å². The van der Waals surface area contributed by atoms with E-state index in [-0.39, 0.29) is 18.9 Å². The lowest BCUT2D eigenvalue weighted by Crippen LogP contribution is -2.32. The highest BCUT2D eigenvalue weighted by Crippen LogP contribution is 2.26. The number of hydrogen-bond acceptors (Lipinski definition) is 7. The third kappa shape index (κ3) is 6.32. The SMILES string of the molecule is C=CCSc1nnc(NC(=O)CCCN(c2cccc(C)c2C)S(C)(=O)=O)s1. The molecule has 0 atom stereocenters. The Kier molecular flexibility index (Phi) is 8.02. The van der Waals surface area contributed by atoms with Crippen LogP contribution in [0.15, 0.2) is 35.2 Å². The average Bonchev–Trinajstić information content (AvgIpc) is 3.06. The first-order valence-corrected chi connectivity index (χ1v) is 12.3. The predicted molar refractivity (Wildman–Crippen MR) is 117 cm³/mol. The summed E-state index contributed by atoms with van der Waals surface area (Å²) >= 11 is 2.80. The van der Waals surface area contributed by atoms with E-state index in [0.29, 0.717) is 17.2 Å². The van der Waals surface area contributed by atoms with Gasteiger partial charge in [-0.2, -0.15) is 0 Å². The fraction of sp³-hybridized carbons (Fsp3) is 0.389. The van der Waals surface area contributed by atoms with Gasteiger partial charge in [0.15, 0.2) is 4.34 Å². The maximum atomic E-state index is 12.3. The van der Waals surface area contributed by atoms with E-state index in [1.54, 1.807) is 12.1 Å². The largest absolute Gasteiger partial charge is 0.301 e. The van der Waals surface area contributed by atoms with Crippen LogP contribution in [0.1, 0.15) is 24.0 Å². The Morgan fingerprint density at radius 2 is 2.11 bits per heavy atom. The molecule has 152 valence electrons. The Bertz CT molecular complexity index is 941. The lowest BCUT2D eigenvalue weighted by Gasteiger charge is -2.24. The minimum Gasteiger partial charge on any atom is -0.301 e. The zero-order valence-corrected chi connectivity index (χ0v) is 18.6. The van der Waals surface area contributed by atoms with Crippen molar-refractivity contribution in [2.75, 3.05) is 28.2 Å². The number of thioether (sulfide) groups is 1. The molecule has 0 aliphatic carbocycles. The molecule has 1 heterocycles. The molecule has 1 aromatic heterocycles. The highest BCUT2D eigenvalue weighted by atomic mass is 32.2. The summed E-state index contributed by atoms with van der Waals surface area (Å²) < 4.78 is 26.6. The van der Waals surface area contributed by atoms with Gasteiger partial charge in [-0.25, -0.2) is 8.42 Å². The molecule has 1 N–H and O–H groups in total. The molecule has 0 bridgehead atoms. The molecular formula is C18H24N4O3S3. The molecule has 0 aliphatic rings. The summed E-state index contributed by atoms with van der Waals surface area (Å²) in [7, 11) is -3.45. The van der Waals surface area contributed by atoms with Gasteiger partial charge in [0.2, 0.25) is 21.1 Å². The van der Waals surface area contributed by atoms with Crippen LogP contribution < -0.4 is 9.62 Å². The smallest absolute Gasteiger partial charge is 0.232 e. The first-order chi connectivity index (χ1) is 13.2. The molecule has 0 radical (unpaired) electrons. The van der Waals surface area contributed by atoms with E-state index in [1.165, 1.54) is 33.7 Å². The second kappa shape index (κ2) is 10.0. The molecule has 0 aliphatic heterocycles. The minimum absolute atomic E-state index is 0.186. The fourth-order valence-corrected chi connectivity index (χ4v) is 5.03. The second-order valence-electron chi connectivity index (χ2n) is 6.18. The van der Waals surface area contributed by atoms with E-state index < -0.39 is 10.0 Å². The van der Waals surface area contributed by atoms with E-state index in [9.17, 15) is 13.2 Å². The summed E-state index contributed by atoms with van der Waals surface area (Å²) in [6, 6.07) is 5.56. The number of nitrogens with one attached hydrogen (secondary N) is 1. The standard InChI is InChI=1S/C18H24N4O3S3/c1-5-12-26-18-21-20-17(27-18)19-16(23)10-7-11-22(28(4,24)25)15-9-6-8-13(2)14(15)3/h5-6,8-9H,1,7,10-12H2,2-4H3,(H,19,20,23). The molecule has 1 aromatic carbocycles. The Morgan fingerprint density at radius 1 is 1.36 bits per heavy atom. The van der Waals surface area contributed by atoms with Gasteiger partial charge in [-0.3, -0.25) is 9.10 Å². The maximum Gasteiger partial charge on any atom is 0.232 e. The van der Waals surface area contributed by atoms with Crippen molar-refractivity contribution in [1.29, 1.82) is 0 Å². The van der Waals surface area contributed by atoms with Gasteiger partial charge in [-0.15, -0.1) is 16.8 Å². The Labute approximate surface area is 174 Å². The van der Waals surface area contributed by atoms with Gasteiger partial charge in [0.25, 0.3) is 0 Å². The van der Waals surface area contributed by atoms with Crippen LogP contribution in [0.25, 0.3) is 0 Å². The van der Waals surface area contributed by atoms with Crippen molar-refractivity contribution >= 4 is 49.8 Å². The molecule has 2 rings (SSSR count). The molecule has 0 saturated heterocycles. The predicted octanol–water partition coefficient (Wildman–Crippen LogP) is 3.62. The van der Waals surface area contributed by atoms with Crippen molar-refractivity contribution < 1.29 is 13.2 Å². The number of benzene rings is 1. The number of carbonyl (C=O) groups is 1. The maximum absolute atomic E-state index is 12.3. The summed E-state index contributed by atoms with van der Waals surface area (Å²) in [5.74, 6) is 0.508. The Morgan fingerprint density at radius 3 is 2.79 bits per heavy atom. The molecule has 7 nitrogen and oxygen atoms in total. The molecule has 0 unspecified atom stereocenters. The number of hydrogen-bond donors (Lipinski definition) is 1. The molecule has 10 heteroatoms. The van der Waals surface area contributed by atoms with Crippen molar-refractivity contribution in [1.82, 2.24) is 10.2 Å². The summed E-state index contributed by atoms with van der Waals surface area (Å²) in [6.07, 6.45) is 3.53. The Balaban J connectivity index is 1.95. The number of aromatic nitrogens is 2. The molecule has 1 amide bonds. The normalized spacial score (nSPS) is 11.2. The van der Waals surface area contributed by atoms with Crippen molar-refractivity contribution in [3.05, 3.63) is 42.0 Å². The van der Waals surface area contributed by atoms with E-state index in [2.05, 4.69) is 22.1 Å². The highest BCUT2D eigenvalue weighted by molar-refractivity contribution is 8.01. The molecule has 0 saturated carbocycles. The van der Waals surface area contributed by atoms with Crippen LogP contribution in [0.4, 0.5) is 10.8 Å². The summed E-state index contributed by atoms with van der Waals surface area (Å²) in [6.45, 7) is 7.71. The van der Waals surface area contributed by atoms with Gasteiger partial charge in [-0.05, 0) is 37.5 Å². The van der Waals surface area contributed by atoms with Crippen LogP contribution in [0.5, 0.6) is 0 Å². The number of nitrogens with zero attached hydrogens (tertiary/aromatic N) is 3. The minimum atomic E-state index is -3.45. The topological polar surface area (TPSA) is 92.3 Å². The van der Waals surface area contributed by atoms with Crippen LogP contribution in [0, 0.1) is 13.8 Å². The van der Waals surface area contributed by atoms with Gasteiger partial charge in [0.1, 0.15) is 0 Å². The quantitative estimate of drug-likeness (QED) is 0.345. The lowest BCUT2D eigenvalue weighted by atomic mass is 10.1. The van der Waals surface area contributed by atoms with Crippen molar-refractivity contribution in [2.24, 2.45) is 0 Å². The van der Waals surface area contributed by atoms with Gasteiger partial charge in [0, 0.05) is 18.7 Å². The number of carbonyl (C=O) groups excluding carboxylic acids is 1. The number of aryl methyl sites for hydroxylation is 1. The number of rotatable bonds is 10. The number of anilines is 2. The van der Waals surface area contributed by atoms with Crippen molar-refractivity contribution in [3.63, 3.8) is 0 Å². The highest BCUT2D eigenvalue weighted by Gasteiger charge is 2.20. The van der Waals surface area contributed by atoms with Gasteiger partial charge >= 0.3 is 0 Å². The van der Waals surface area contributed by atoms with E-state index >= 15 is 0 Å². The Hall–Kier alpha value is -1.91. The first-order valence-electron chi connectivity index (χ1n) is 8.63. The monoisotopic (exact) mass is 440 g/mol. The van der Waals surface area contributed by atoms with Gasteiger partial charge in [-0.1, -0.05) is 41.3 Å². The van der Waals surface area contributed by atoms with E-state index in [1.807, 2.05) is 26.0 Å². The molecule has 0 spiro atoms. The zero-order valence-electron chi connectivity index (χ0n) is 16.1. The van der Waals surface area contributed by atoms with E-state index in [4.69, 9.17) is 0 Å². The summed E-state index contributed by atoms with van der Waals surface area (Å²) in [5, 5.41) is 11.1. The van der Waals surface area contributed by atoms with Crippen LogP contribution >= 0.6 is 23.1 Å². The van der Waals surface area contributed by atoms with Crippen LogP contribution in [-0.4, -0.2) is 43.1 Å². The zero-order chi connectivity index (χ0) is 20.7. The summed E-state index contributed by atoms with van der Waals surface area (Å²) in [5.41, 5.74) is 2.58. The summed E-state index contributed by atoms with van der Waals surface area (Å²) in [4.78, 5) is 12.2. The molecular weight excluding hydrogens is 416 g/mol. The number of amides is 1. The van der Waals surface area contributed by atoms with Crippen LogP contribution in [0.2, 0.25) is 0 Å².